The fourth-order valence-electron chi connectivity index (χ4n) is 3.22. The quantitative estimate of drug-likeness (QED) is 0.767. The standard InChI is InChI=1S/C21H20N2O3S/c24-19-14-27-21(26)23(19)13-16-7-4-8-17(11-16)20(25)22(18-9-10-18)12-15-5-2-1-3-6-15/h1-8,11,18H,9-10,12-14H2. The molecule has 0 aromatic heterocycles. The van der Waals surface area contributed by atoms with Crippen molar-refractivity contribution in [2.75, 3.05) is 5.75 Å². The van der Waals surface area contributed by atoms with E-state index in [4.69, 9.17) is 0 Å². The van der Waals surface area contributed by atoms with Gasteiger partial charge in [0.25, 0.3) is 11.1 Å². The summed E-state index contributed by atoms with van der Waals surface area (Å²) in [6, 6.07) is 17.5. The average molecular weight is 380 g/mol. The van der Waals surface area contributed by atoms with Gasteiger partial charge in [0.2, 0.25) is 5.91 Å². The summed E-state index contributed by atoms with van der Waals surface area (Å²) in [5.41, 5.74) is 2.50. The van der Waals surface area contributed by atoms with Crippen LogP contribution in [0, 0.1) is 0 Å². The molecule has 1 aliphatic heterocycles. The fraction of sp³-hybridized carbons (Fsp3) is 0.286. The summed E-state index contributed by atoms with van der Waals surface area (Å²) >= 11 is 1.02. The second kappa shape index (κ2) is 7.56. The maximum absolute atomic E-state index is 13.1. The monoisotopic (exact) mass is 380 g/mol. The van der Waals surface area contributed by atoms with Crippen LogP contribution in [0.5, 0.6) is 0 Å². The number of rotatable bonds is 6. The maximum atomic E-state index is 13.1. The van der Waals surface area contributed by atoms with E-state index in [2.05, 4.69) is 0 Å². The zero-order chi connectivity index (χ0) is 18.8. The summed E-state index contributed by atoms with van der Waals surface area (Å²) in [4.78, 5) is 39.9. The zero-order valence-electron chi connectivity index (χ0n) is 14.8. The van der Waals surface area contributed by atoms with Crippen molar-refractivity contribution >= 4 is 28.8 Å². The minimum Gasteiger partial charge on any atom is -0.331 e. The lowest BCUT2D eigenvalue weighted by atomic mass is 10.1. The number of carbonyl (C=O) groups is 3. The molecule has 0 bridgehead atoms. The zero-order valence-corrected chi connectivity index (χ0v) is 15.7. The van der Waals surface area contributed by atoms with E-state index < -0.39 is 0 Å². The van der Waals surface area contributed by atoms with Gasteiger partial charge >= 0.3 is 0 Å². The van der Waals surface area contributed by atoms with E-state index in [9.17, 15) is 14.4 Å². The number of hydrogen-bond donors (Lipinski definition) is 0. The number of nitrogens with zero attached hydrogens (tertiary/aromatic N) is 2. The molecule has 138 valence electrons. The van der Waals surface area contributed by atoms with Gasteiger partial charge in [0.1, 0.15) is 0 Å². The number of imide groups is 1. The van der Waals surface area contributed by atoms with Gasteiger partial charge in [-0.05, 0) is 36.1 Å². The molecule has 27 heavy (non-hydrogen) atoms. The summed E-state index contributed by atoms with van der Waals surface area (Å²) in [6.45, 7) is 0.808. The Balaban J connectivity index is 1.52. The first-order chi connectivity index (χ1) is 13.1. The van der Waals surface area contributed by atoms with Crippen LogP contribution in [0.1, 0.15) is 34.3 Å². The van der Waals surface area contributed by atoms with Crippen LogP contribution in [0.4, 0.5) is 4.79 Å². The first-order valence-electron chi connectivity index (χ1n) is 9.03. The molecule has 0 radical (unpaired) electrons. The molecular formula is C21H20N2O3S. The lowest BCUT2D eigenvalue weighted by Crippen LogP contribution is -2.33. The Morgan fingerprint density at radius 2 is 1.78 bits per heavy atom. The summed E-state index contributed by atoms with van der Waals surface area (Å²) in [5, 5.41) is -0.222. The van der Waals surface area contributed by atoms with E-state index in [-0.39, 0.29) is 29.4 Å². The average Bonchev–Trinajstić information content (AvgIpc) is 3.49. The highest BCUT2D eigenvalue weighted by Crippen LogP contribution is 2.30. The van der Waals surface area contributed by atoms with Gasteiger partial charge in [-0.1, -0.05) is 54.2 Å². The lowest BCUT2D eigenvalue weighted by molar-refractivity contribution is -0.125. The third kappa shape index (κ3) is 4.06. The predicted octanol–water partition coefficient (Wildman–Crippen LogP) is 3.69. The van der Waals surface area contributed by atoms with E-state index in [1.807, 2.05) is 47.4 Å². The lowest BCUT2D eigenvalue weighted by Gasteiger charge is -2.23. The predicted molar refractivity (Wildman–Crippen MR) is 104 cm³/mol. The molecule has 3 amide bonds. The van der Waals surface area contributed by atoms with Crippen LogP contribution in [0.25, 0.3) is 0 Å². The minimum atomic E-state index is -0.222. The number of amides is 3. The van der Waals surface area contributed by atoms with E-state index >= 15 is 0 Å². The third-order valence-corrected chi connectivity index (χ3v) is 5.66. The second-order valence-corrected chi connectivity index (χ2v) is 7.81. The van der Waals surface area contributed by atoms with Crippen molar-refractivity contribution in [1.82, 2.24) is 9.80 Å². The molecule has 0 spiro atoms. The van der Waals surface area contributed by atoms with Crippen LogP contribution in [0.2, 0.25) is 0 Å². The van der Waals surface area contributed by atoms with Crippen molar-refractivity contribution in [3.8, 4) is 0 Å². The van der Waals surface area contributed by atoms with Crippen LogP contribution in [0.3, 0.4) is 0 Å². The molecule has 2 fully saturated rings. The molecule has 1 saturated carbocycles. The van der Waals surface area contributed by atoms with Crippen LogP contribution in [0.15, 0.2) is 54.6 Å². The molecule has 2 aromatic rings. The van der Waals surface area contributed by atoms with Gasteiger partial charge in [0.15, 0.2) is 0 Å². The van der Waals surface area contributed by atoms with E-state index in [0.29, 0.717) is 18.2 Å². The third-order valence-electron chi connectivity index (χ3n) is 4.80. The van der Waals surface area contributed by atoms with Crippen molar-refractivity contribution in [3.05, 3.63) is 71.3 Å². The van der Waals surface area contributed by atoms with Crippen molar-refractivity contribution < 1.29 is 14.4 Å². The van der Waals surface area contributed by atoms with Crippen molar-refractivity contribution in [3.63, 3.8) is 0 Å². The van der Waals surface area contributed by atoms with Gasteiger partial charge in [-0.2, -0.15) is 0 Å². The first-order valence-corrected chi connectivity index (χ1v) is 10.0. The number of hydrogen-bond acceptors (Lipinski definition) is 4. The summed E-state index contributed by atoms with van der Waals surface area (Å²) in [6.07, 6.45) is 2.07. The molecule has 1 heterocycles. The Kier molecular flexibility index (Phi) is 4.99. The smallest absolute Gasteiger partial charge is 0.289 e. The molecule has 0 N–H and O–H groups in total. The molecule has 5 nitrogen and oxygen atoms in total. The van der Waals surface area contributed by atoms with Gasteiger partial charge in [-0.3, -0.25) is 19.3 Å². The molecule has 4 rings (SSSR count). The Bertz CT molecular complexity index is 864. The number of thioether (sulfide) groups is 1. The van der Waals surface area contributed by atoms with Crippen LogP contribution in [-0.2, 0) is 17.9 Å². The molecule has 1 saturated heterocycles. The van der Waals surface area contributed by atoms with Crippen LogP contribution < -0.4 is 0 Å². The highest BCUT2D eigenvalue weighted by Gasteiger charge is 2.33. The Labute approximate surface area is 162 Å². The highest BCUT2D eigenvalue weighted by molar-refractivity contribution is 8.14. The van der Waals surface area contributed by atoms with Crippen molar-refractivity contribution in [2.24, 2.45) is 0 Å². The molecule has 2 aliphatic rings. The van der Waals surface area contributed by atoms with Gasteiger partial charge in [-0.25, -0.2) is 0 Å². The maximum Gasteiger partial charge on any atom is 0.289 e. The van der Waals surface area contributed by atoms with Crippen molar-refractivity contribution in [1.29, 1.82) is 0 Å². The van der Waals surface area contributed by atoms with E-state index in [1.165, 1.54) is 4.90 Å². The second-order valence-electron chi connectivity index (χ2n) is 6.88. The molecular weight excluding hydrogens is 360 g/mol. The number of carbonyl (C=O) groups excluding carboxylic acids is 3. The molecule has 1 aliphatic carbocycles. The Morgan fingerprint density at radius 1 is 1.04 bits per heavy atom. The molecule has 6 heteroatoms. The van der Waals surface area contributed by atoms with Crippen LogP contribution in [-0.4, -0.2) is 38.6 Å². The van der Waals surface area contributed by atoms with Gasteiger partial charge in [0.05, 0.1) is 12.3 Å². The summed E-state index contributed by atoms with van der Waals surface area (Å²) in [5.74, 6) is 0.0198. The van der Waals surface area contributed by atoms with E-state index in [0.717, 1.165) is 35.7 Å². The fourth-order valence-corrected chi connectivity index (χ4v) is 3.94. The number of benzene rings is 2. The summed E-state index contributed by atoms with van der Waals surface area (Å²) < 4.78 is 0. The summed E-state index contributed by atoms with van der Waals surface area (Å²) in [7, 11) is 0. The van der Waals surface area contributed by atoms with E-state index in [1.54, 1.807) is 12.1 Å². The normalized spacial score (nSPS) is 16.7. The van der Waals surface area contributed by atoms with Gasteiger partial charge < -0.3 is 4.90 Å². The minimum absolute atomic E-state index is 0.00310. The molecule has 0 unspecified atom stereocenters. The molecule has 0 atom stereocenters. The van der Waals surface area contributed by atoms with Crippen molar-refractivity contribution in [2.45, 2.75) is 32.0 Å². The first kappa shape index (κ1) is 17.8. The Hall–Kier alpha value is -2.60. The SMILES string of the molecule is O=C1CSC(=O)N1Cc1cccc(C(=O)N(Cc2ccccc2)C2CC2)c1. The Morgan fingerprint density at radius 3 is 2.44 bits per heavy atom. The van der Waals surface area contributed by atoms with Crippen LogP contribution >= 0.6 is 11.8 Å². The van der Waals surface area contributed by atoms with Gasteiger partial charge in [0, 0.05) is 18.2 Å². The topological polar surface area (TPSA) is 57.7 Å². The van der Waals surface area contributed by atoms with Gasteiger partial charge in [-0.15, -0.1) is 0 Å². The largest absolute Gasteiger partial charge is 0.331 e. The highest BCUT2D eigenvalue weighted by atomic mass is 32.2. The molecule has 2 aromatic carbocycles.